The van der Waals surface area contributed by atoms with Crippen molar-refractivity contribution in [1.82, 2.24) is 0 Å². The number of aliphatic hydroxyl groups is 2. The fourth-order valence-corrected chi connectivity index (χ4v) is 12.7. The lowest BCUT2D eigenvalue weighted by molar-refractivity contribution is -0.338. The molecule has 62 heavy (non-hydrogen) atoms. The van der Waals surface area contributed by atoms with Crippen LogP contribution >= 0.6 is 0 Å². The van der Waals surface area contributed by atoms with Crippen molar-refractivity contribution < 1.29 is 47.9 Å². The second-order valence-electron chi connectivity index (χ2n) is 19.8. The normalized spacial score (nSPS) is 25.2. The molecule has 1 rings (SSSR count). The van der Waals surface area contributed by atoms with Gasteiger partial charge in [0.1, 0.15) is 0 Å². The van der Waals surface area contributed by atoms with Gasteiger partial charge in [0.2, 0.25) is 0 Å². The van der Waals surface area contributed by atoms with Crippen molar-refractivity contribution in [2.45, 2.75) is 207 Å². The molecular formula is C50H92O10Si2. The van der Waals surface area contributed by atoms with Crippen molar-refractivity contribution >= 4 is 22.6 Å². The summed E-state index contributed by atoms with van der Waals surface area (Å²) in [5, 5.41) is 31.9. The zero-order valence-electron chi connectivity index (χ0n) is 42.4. The maximum absolute atomic E-state index is 11.9. The van der Waals surface area contributed by atoms with Gasteiger partial charge in [-0.25, -0.2) is 4.79 Å². The minimum absolute atomic E-state index is 0.0369. The van der Waals surface area contributed by atoms with E-state index in [1.165, 1.54) is 0 Å². The molecule has 1 saturated heterocycles. The highest BCUT2D eigenvalue weighted by Gasteiger charge is 2.53. The van der Waals surface area contributed by atoms with Gasteiger partial charge < -0.3 is 43.1 Å². The second kappa shape index (κ2) is 27.1. The van der Waals surface area contributed by atoms with Gasteiger partial charge in [0, 0.05) is 57.5 Å². The molecule has 0 saturated carbocycles. The third-order valence-electron chi connectivity index (χ3n) is 13.9. The Labute approximate surface area is 380 Å². The number of aliphatic carboxylic acids is 1. The SMILES string of the molecule is CC[Si](CC)(CC)O[C@@H](C[C@@H](CCC/C=C(C)/C=C/[C@@H](O)[C@H](C)/C=C(C)/C=C(C)/C=C(\C)C(=O)O)OC)C[C@]1(OC)O[C@H](C[C@H](COC)O[Si](C)(C)C(C)(C)C)[C@H](C)[C@H](O)[C@H]1C. The molecule has 0 radical (unpaired) electrons. The summed E-state index contributed by atoms with van der Waals surface area (Å²) in [6.45, 7) is 32.0. The molecule has 0 unspecified atom stereocenters. The number of allylic oxidation sites excluding steroid dienone is 7. The fraction of sp³-hybridized carbons (Fsp3) is 0.780. The topological polar surface area (TPSA) is 133 Å². The summed E-state index contributed by atoms with van der Waals surface area (Å²) < 4.78 is 39.6. The van der Waals surface area contributed by atoms with Gasteiger partial charge in [-0.3, -0.25) is 0 Å². The summed E-state index contributed by atoms with van der Waals surface area (Å²) >= 11 is 0. The number of unbranched alkanes of at least 4 members (excludes halogenated alkanes) is 1. The standard InChI is InChI=1S/C50H92O10Si2/c1-19-62(20-2,21-3)60-43(33-50(57-16)41(10)47(52)40(9)46(58-50)32-44(34-55-14)59-61(17,18)49(11,12)13)31-42(56-15)25-23-22-24-35(4)26-27-45(51)38(7)29-36(5)28-37(6)30-39(8)48(53)54/h24,26-30,38,40-47,51-52H,19-23,25,31-34H2,1-18H3,(H,53,54)/b27-26+,35-24+,36-29+,37-28+,39-30+/t38-,40+,41-,42-,43+,44-,45-,46-,47+,50+/m1/s1. The van der Waals surface area contributed by atoms with E-state index in [0.717, 1.165) is 54.1 Å². The number of carboxylic acid groups (broad SMARTS) is 1. The summed E-state index contributed by atoms with van der Waals surface area (Å²) in [4.78, 5) is 11.2. The first-order valence-electron chi connectivity index (χ1n) is 23.4. The molecule has 1 aliphatic rings. The quantitative estimate of drug-likeness (QED) is 0.0302. The molecule has 3 N–H and O–H groups in total. The van der Waals surface area contributed by atoms with Gasteiger partial charge in [0.15, 0.2) is 22.4 Å². The van der Waals surface area contributed by atoms with Gasteiger partial charge in [-0.15, -0.1) is 0 Å². The Morgan fingerprint density at radius 3 is 2.03 bits per heavy atom. The Bertz CT molecular complexity index is 1480. The van der Waals surface area contributed by atoms with E-state index in [1.807, 2.05) is 52.0 Å². The zero-order chi connectivity index (χ0) is 47.6. The first-order chi connectivity index (χ1) is 28.8. The smallest absolute Gasteiger partial charge is 0.331 e. The van der Waals surface area contributed by atoms with Crippen molar-refractivity contribution in [1.29, 1.82) is 0 Å². The van der Waals surface area contributed by atoms with Gasteiger partial charge in [0.25, 0.3) is 0 Å². The summed E-state index contributed by atoms with van der Waals surface area (Å²) in [5.74, 6) is -2.55. The predicted octanol–water partition coefficient (Wildman–Crippen LogP) is 11.6. The van der Waals surface area contributed by atoms with Crippen LogP contribution in [0.1, 0.15) is 129 Å². The van der Waals surface area contributed by atoms with E-state index in [2.05, 4.69) is 74.6 Å². The van der Waals surface area contributed by atoms with Gasteiger partial charge in [0.05, 0.1) is 43.2 Å². The number of methoxy groups -OCH3 is 3. The number of carboxylic acids is 1. The van der Waals surface area contributed by atoms with Crippen LogP contribution in [0, 0.1) is 17.8 Å². The van der Waals surface area contributed by atoms with E-state index in [4.69, 9.17) is 32.9 Å². The Morgan fingerprint density at radius 1 is 0.903 bits per heavy atom. The summed E-state index contributed by atoms with van der Waals surface area (Å²) in [6, 6.07) is 3.04. The molecule has 0 aromatic carbocycles. The van der Waals surface area contributed by atoms with Crippen LogP contribution in [0.5, 0.6) is 0 Å². The maximum Gasteiger partial charge on any atom is 0.331 e. The Morgan fingerprint density at radius 2 is 1.52 bits per heavy atom. The number of rotatable bonds is 28. The van der Waals surface area contributed by atoms with Crippen LogP contribution in [0.15, 0.2) is 58.7 Å². The van der Waals surface area contributed by atoms with E-state index >= 15 is 0 Å². The van der Waals surface area contributed by atoms with Crippen molar-refractivity contribution in [2.75, 3.05) is 27.9 Å². The van der Waals surface area contributed by atoms with Crippen LogP contribution < -0.4 is 0 Å². The molecule has 12 heteroatoms. The fourth-order valence-electron chi connectivity index (χ4n) is 8.41. The molecule has 0 bridgehead atoms. The number of hydrogen-bond acceptors (Lipinski definition) is 9. The first kappa shape index (κ1) is 58.3. The van der Waals surface area contributed by atoms with Crippen LogP contribution in [0.2, 0.25) is 36.3 Å². The minimum Gasteiger partial charge on any atom is -0.478 e. The highest BCUT2D eigenvalue weighted by atomic mass is 28.4. The van der Waals surface area contributed by atoms with Gasteiger partial charge in [-0.1, -0.05) is 109 Å². The second-order valence-corrected chi connectivity index (χ2v) is 29.3. The molecule has 1 heterocycles. The van der Waals surface area contributed by atoms with Crippen molar-refractivity contribution in [2.24, 2.45) is 17.8 Å². The highest BCUT2D eigenvalue weighted by molar-refractivity contribution is 6.74. The summed E-state index contributed by atoms with van der Waals surface area (Å²) in [5.41, 5.74) is 3.17. The highest BCUT2D eigenvalue weighted by Crippen LogP contribution is 2.45. The van der Waals surface area contributed by atoms with Crippen LogP contribution in [-0.2, 0) is 32.6 Å². The Balaban J connectivity index is 3.24. The average Bonchev–Trinajstić information content (AvgIpc) is 3.20. The monoisotopic (exact) mass is 909 g/mol. The largest absolute Gasteiger partial charge is 0.478 e. The molecule has 0 aromatic heterocycles. The van der Waals surface area contributed by atoms with Crippen LogP contribution in [0.25, 0.3) is 0 Å². The maximum atomic E-state index is 11.9. The third kappa shape index (κ3) is 18.3. The van der Waals surface area contributed by atoms with Crippen molar-refractivity contribution in [3.63, 3.8) is 0 Å². The van der Waals surface area contributed by atoms with E-state index in [1.54, 1.807) is 34.3 Å². The predicted molar refractivity (Wildman–Crippen MR) is 260 cm³/mol. The van der Waals surface area contributed by atoms with Gasteiger partial charge in [-0.05, 0) is 95.7 Å². The van der Waals surface area contributed by atoms with E-state index in [-0.39, 0.29) is 52.8 Å². The Kier molecular flexibility index (Phi) is 25.4. The molecule has 360 valence electrons. The Hall–Kier alpha value is -1.72. The minimum atomic E-state index is -2.12. The van der Waals surface area contributed by atoms with Crippen LogP contribution in [0.4, 0.5) is 0 Å². The number of aliphatic hydroxyl groups excluding tert-OH is 2. The first-order valence-corrected chi connectivity index (χ1v) is 28.8. The van der Waals surface area contributed by atoms with E-state index in [9.17, 15) is 15.0 Å². The molecule has 0 aliphatic carbocycles. The molecule has 0 spiro atoms. The van der Waals surface area contributed by atoms with E-state index in [0.29, 0.717) is 25.9 Å². The van der Waals surface area contributed by atoms with Crippen LogP contribution in [-0.4, -0.2) is 108 Å². The molecule has 10 atom stereocenters. The number of hydrogen-bond donors (Lipinski definition) is 3. The lowest BCUT2D eigenvalue weighted by Crippen LogP contribution is -2.60. The summed E-state index contributed by atoms with van der Waals surface area (Å²) in [6.07, 6.45) is 13.9. The number of carbonyl (C=O) groups is 1. The van der Waals surface area contributed by atoms with Crippen molar-refractivity contribution in [3.05, 3.63) is 58.7 Å². The third-order valence-corrected chi connectivity index (χ3v) is 23.2. The van der Waals surface area contributed by atoms with E-state index < -0.39 is 40.6 Å². The lowest BCUT2D eigenvalue weighted by Gasteiger charge is -2.52. The molecule has 0 aromatic rings. The molecule has 10 nitrogen and oxygen atoms in total. The number of ether oxygens (including phenoxy) is 4. The average molecular weight is 909 g/mol. The van der Waals surface area contributed by atoms with Crippen LogP contribution in [0.3, 0.4) is 0 Å². The lowest BCUT2D eigenvalue weighted by atomic mass is 9.77. The van der Waals surface area contributed by atoms with Gasteiger partial charge in [-0.2, -0.15) is 0 Å². The van der Waals surface area contributed by atoms with Crippen molar-refractivity contribution in [3.8, 4) is 0 Å². The van der Waals surface area contributed by atoms with Gasteiger partial charge >= 0.3 is 5.97 Å². The molecule has 1 fully saturated rings. The molecule has 0 amide bonds. The molecule has 1 aliphatic heterocycles. The molecular weight excluding hydrogens is 817 g/mol. The summed E-state index contributed by atoms with van der Waals surface area (Å²) in [7, 11) is 1.01. The zero-order valence-corrected chi connectivity index (χ0v) is 44.4.